The molecule has 1 aromatic heterocycles. The Balaban J connectivity index is 1.55. The lowest BCUT2D eigenvalue weighted by atomic mass is 10.2. The maximum atomic E-state index is 6.24. The topological polar surface area (TPSA) is 43.2 Å². The van der Waals surface area contributed by atoms with Gasteiger partial charge in [0.05, 0.1) is 13.7 Å². The first-order valence-electron chi connectivity index (χ1n) is 9.31. The van der Waals surface area contributed by atoms with Gasteiger partial charge in [0.1, 0.15) is 11.6 Å². The van der Waals surface area contributed by atoms with Crippen molar-refractivity contribution in [1.29, 1.82) is 0 Å². The predicted octanol–water partition coefficient (Wildman–Crippen LogP) is 4.91. The summed E-state index contributed by atoms with van der Waals surface area (Å²) >= 11 is 7.88. The van der Waals surface area contributed by atoms with Crippen LogP contribution in [-0.4, -0.2) is 40.4 Å². The number of para-hydroxylation sites is 1. The summed E-state index contributed by atoms with van der Waals surface area (Å²) in [7, 11) is 5.76. The monoisotopic (exact) mass is 428 g/mol. The zero-order valence-electron chi connectivity index (χ0n) is 16.9. The summed E-state index contributed by atoms with van der Waals surface area (Å²) in [6.45, 7) is 1.51. The molecule has 1 heterocycles. The number of ether oxygens (including phenoxy) is 1. The molecule has 0 aliphatic rings. The minimum absolute atomic E-state index is 0.715. The molecule has 0 saturated heterocycles. The van der Waals surface area contributed by atoms with Crippen LogP contribution < -0.4 is 4.74 Å². The van der Waals surface area contributed by atoms with Crippen LogP contribution in [0.4, 0.5) is 0 Å². The van der Waals surface area contributed by atoms with Gasteiger partial charge in [-0.1, -0.05) is 71.9 Å². The molecule has 0 saturated carbocycles. The number of hydrogen-bond acceptors (Lipinski definition) is 5. The zero-order chi connectivity index (χ0) is 20.6. The van der Waals surface area contributed by atoms with E-state index in [0.717, 1.165) is 45.2 Å². The molecule has 0 atom stereocenters. The maximum Gasteiger partial charge on any atom is 0.191 e. The lowest BCUT2D eigenvalue weighted by Gasteiger charge is -2.14. The van der Waals surface area contributed by atoms with Gasteiger partial charge < -0.3 is 9.30 Å². The highest BCUT2D eigenvalue weighted by Crippen LogP contribution is 2.25. The van der Waals surface area contributed by atoms with Gasteiger partial charge in [0, 0.05) is 29.9 Å². The first-order valence-corrected chi connectivity index (χ1v) is 10.7. The zero-order valence-corrected chi connectivity index (χ0v) is 18.5. The van der Waals surface area contributed by atoms with Crippen LogP contribution in [0.3, 0.4) is 0 Å². The molecule has 2 aromatic carbocycles. The van der Waals surface area contributed by atoms with Crippen molar-refractivity contribution in [3.63, 3.8) is 0 Å². The fraction of sp³-hybridized carbons (Fsp3) is 0.273. The molecule has 0 unspecified atom stereocenters. The quantitative estimate of drug-likeness (QED) is 0.453. The van der Waals surface area contributed by atoms with Crippen LogP contribution >= 0.6 is 23.4 Å². The third-order valence-electron chi connectivity index (χ3n) is 4.50. The summed E-state index contributed by atoms with van der Waals surface area (Å²) < 4.78 is 7.43. The van der Waals surface area contributed by atoms with Crippen LogP contribution in [0.25, 0.3) is 6.08 Å². The van der Waals surface area contributed by atoms with E-state index in [0.29, 0.717) is 6.54 Å². The van der Waals surface area contributed by atoms with Crippen molar-refractivity contribution in [2.75, 3.05) is 20.7 Å². The van der Waals surface area contributed by atoms with Gasteiger partial charge in [-0.05, 0) is 24.7 Å². The molecule has 0 amide bonds. The number of rotatable bonds is 9. The molecule has 152 valence electrons. The van der Waals surface area contributed by atoms with Crippen LogP contribution in [0, 0.1) is 0 Å². The second-order valence-corrected chi connectivity index (χ2v) is 8.03. The molecular weight excluding hydrogens is 404 g/mol. The van der Waals surface area contributed by atoms with Crippen LogP contribution in [0.1, 0.15) is 17.0 Å². The molecule has 7 heteroatoms. The molecule has 0 fully saturated rings. The molecule has 5 nitrogen and oxygen atoms in total. The number of aromatic nitrogens is 3. The van der Waals surface area contributed by atoms with E-state index in [1.807, 2.05) is 60.1 Å². The second-order valence-electron chi connectivity index (χ2n) is 6.68. The van der Waals surface area contributed by atoms with Crippen molar-refractivity contribution >= 4 is 29.4 Å². The molecule has 0 aliphatic carbocycles. The average molecular weight is 429 g/mol. The molecule has 29 heavy (non-hydrogen) atoms. The maximum absolute atomic E-state index is 6.24. The van der Waals surface area contributed by atoms with Crippen molar-refractivity contribution in [2.24, 2.45) is 7.05 Å². The fourth-order valence-corrected chi connectivity index (χ4v) is 4.05. The summed E-state index contributed by atoms with van der Waals surface area (Å²) in [5.41, 5.74) is 2.17. The highest BCUT2D eigenvalue weighted by molar-refractivity contribution is 7.98. The Morgan fingerprint density at radius 1 is 1.14 bits per heavy atom. The Bertz CT molecular complexity index is 973. The van der Waals surface area contributed by atoms with E-state index in [1.54, 1.807) is 18.9 Å². The van der Waals surface area contributed by atoms with Crippen LogP contribution in [0.5, 0.6) is 5.75 Å². The van der Waals surface area contributed by atoms with E-state index in [4.69, 9.17) is 16.3 Å². The van der Waals surface area contributed by atoms with Gasteiger partial charge in [-0.25, -0.2) is 0 Å². The van der Waals surface area contributed by atoms with Crippen molar-refractivity contribution in [3.8, 4) is 5.75 Å². The number of hydrogen-bond donors (Lipinski definition) is 0. The number of likely N-dealkylation sites (N-methyl/N-ethyl adjacent to an activating group) is 1. The Hall–Kier alpha value is -2.28. The van der Waals surface area contributed by atoms with E-state index < -0.39 is 0 Å². The van der Waals surface area contributed by atoms with Crippen molar-refractivity contribution < 1.29 is 4.74 Å². The normalized spacial score (nSPS) is 11.5. The van der Waals surface area contributed by atoms with Gasteiger partial charge >= 0.3 is 0 Å². The lowest BCUT2D eigenvalue weighted by Crippen LogP contribution is -2.20. The van der Waals surface area contributed by atoms with Crippen LogP contribution in [0.15, 0.2) is 59.8 Å². The number of halogens is 1. The number of thioether (sulfide) groups is 1. The molecular formula is C22H25ClN4OS. The van der Waals surface area contributed by atoms with E-state index in [2.05, 4.69) is 34.3 Å². The molecule has 3 rings (SSSR count). The number of methoxy groups -OCH3 is 1. The summed E-state index contributed by atoms with van der Waals surface area (Å²) in [6.07, 6.45) is 4.21. The van der Waals surface area contributed by atoms with E-state index in [1.165, 1.54) is 0 Å². The van der Waals surface area contributed by atoms with Crippen molar-refractivity contribution in [2.45, 2.75) is 17.5 Å². The van der Waals surface area contributed by atoms with Crippen molar-refractivity contribution in [1.82, 2.24) is 19.7 Å². The summed E-state index contributed by atoms with van der Waals surface area (Å²) in [6, 6.07) is 15.9. The molecule has 0 spiro atoms. The Morgan fingerprint density at radius 2 is 1.90 bits per heavy atom. The van der Waals surface area contributed by atoms with Gasteiger partial charge in [-0.2, -0.15) is 0 Å². The minimum Gasteiger partial charge on any atom is -0.496 e. The summed E-state index contributed by atoms with van der Waals surface area (Å²) in [4.78, 5) is 2.19. The standard InChI is InChI=1S/C22H25ClN4OS/c1-26(14-8-11-17-9-5-7-13-20(17)28-3)15-21-24-25-22(27(21)2)29-16-18-10-4-6-12-19(18)23/h4-13H,14-16H2,1-3H3/b11-8+. The van der Waals surface area contributed by atoms with Crippen LogP contribution in [-0.2, 0) is 19.3 Å². The van der Waals surface area contributed by atoms with Crippen LogP contribution in [0.2, 0.25) is 5.02 Å². The second kappa shape index (κ2) is 10.5. The summed E-state index contributed by atoms with van der Waals surface area (Å²) in [5, 5.41) is 10.4. The van der Waals surface area contributed by atoms with Crippen molar-refractivity contribution in [3.05, 3.63) is 76.6 Å². The Morgan fingerprint density at radius 3 is 2.69 bits per heavy atom. The predicted molar refractivity (Wildman–Crippen MR) is 120 cm³/mol. The van der Waals surface area contributed by atoms with Gasteiger partial charge in [-0.15, -0.1) is 10.2 Å². The van der Waals surface area contributed by atoms with E-state index in [9.17, 15) is 0 Å². The molecule has 0 N–H and O–H groups in total. The molecule has 0 aliphatic heterocycles. The highest BCUT2D eigenvalue weighted by Gasteiger charge is 2.12. The third kappa shape index (κ3) is 5.85. The molecule has 0 radical (unpaired) electrons. The summed E-state index contributed by atoms with van der Waals surface area (Å²) in [5.74, 6) is 2.57. The number of nitrogens with zero attached hydrogens (tertiary/aromatic N) is 4. The van der Waals surface area contributed by atoms with Gasteiger partial charge in [-0.3, -0.25) is 4.90 Å². The first kappa shape index (κ1) is 21.4. The van der Waals surface area contributed by atoms with E-state index >= 15 is 0 Å². The highest BCUT2D eigenvalue weighted by atomic mass is 35.5. The average Bonchev–Trinajstić information content (AvgIpc) is 3.07. The Labute approximate surface area is 181 Å². The minimum atomic E-state index is 0.715. The SMILES string of the molecule is COc1ccccc1/C=C/CN(C)Cc1nnc(SCc2ccccc2Cl)n1C. The largest absolute Gasteiger partial charge is 0.496 e. The first-order chi connectivity index (χ1) is 14.1. The lowest BCUT2D eigenvalue weighted by molar-refractivity contribution is 0.347. The van der Waals surface area contributed by atoms with E-state index in [-0.39, 0.29) is 0 Å². The Kier molecular flexibility index (Phi) is 7.75. The van der Waals surface area contributed by atoms with Gasteiger partial charge in [0.25, 0.3) is 0 Å². The third-order valence-corrected chi connectivity index (χ3v) is 5.94. The molecule has 0 bridgehead atoms. The van der Waals surface area contributed by atoms with Gasteiger partial charge in [0.2, 0.25) is 0 Å². The van der Waals surface area contributed by atoms with Gasteiger partial charge in [0.15, 0.2) is 5.16 Å². The smallest absolute Gasteiger partial charge is 0.191 e. The number of benzene rings is 2. The fourth-order valence-electron chi connectivity index (χ4n) is 2.84. The molecule has 3 aromatic rings.